The largest absolute Gasteiger partial charge is 0.440 e. The molecule has 4 rings (SSSR count). The molecule has 6 heteroatoms. The number of allylic oxidation sites excluding steroid dienone is 1. The third-order valence-corrected chi connectivity index (χ3v) is 5.07. The first-order valence-corrected chi connectivity index (χ1v) is 9.17. The van der Waals surface area contributed by atoms with Gasteiger partial charge in [-0.1, -0.05) is 24.3 Å². The molecule has 0 saturated heterocycles. The van der Waals surface area contributed by atoms with Crippen LogP contribution in [0.15, 0.2) is 76.9 Å². The van der Waals surface area contributed by atoms with Crippen molar-refractivity contribution in [3.8, 4) is 6.07 Å². The second-order valence-corrected chi connectivity index (χ2v) is 7.23. The van der Waals surface area contributed by atoms with Crippen LogP contribution in [0.4, 0.5) is 8.78 Å². The van der Waals surface area contributed by atoms with Gasteiger partial charge >= 0.3 is 0 Å². The van der Waals surface area contributed by atoms with E-state index in [0.29, 0.717) is 30.0 Å². The normalized spacial score (nSPS) is 21.0. The van der Waals surface area contributed by atoms with Gasteiger partial charge < -0.3 is 10.5 Å². The molecule has 1 atom stereocenters. The zero-order valence-corrected chi connectivity index (χ0v) is 15.8. The fraction of sp³-hybridized carbons (Fsp3) is 0.174. The number of ether oxygens (including phenoxy) is 1. The average Bonchev–Trinajstić information content (AvgIpc) is 2.67. The lowest BCUT2D eigenvalue weighted by atomic mass is 9.80. The fourth-order valence-electron chi connectivity index (χ4n) is 3.90. The zero-order chi connectivity index (χ0) is 20.5. The van der Waals surface area contributed by atoms with Gasteiger partial charge in [-0.3, -0.25) is 4.90 Å². The standard InChI is InChI=1S/C23H19F2N3O/c1-28-12-16(8-14-4-2-6-17(24)9-14)22-20(13-28)21(19(11-26)23(27)29-22)15-5-3-7-18(25)10-15/h2-10,21H,12-13,27H2,1H3/t21-/m0/s1. The highest BCUT2D eigenvalue weighted by Crippen LogP contribution is 2.43. The molecule has 0 aromatic heterocycles. The van der Waals surface area contributed by atoms with E-state index in [2.05, 4.69) is 11.0 Å². The third-order valence-electron chi connectivity index (χ3n) is 5.07. The molecule has 0 spiro atoms. The third kappa shape index (κ3) is 3.65. The molecule has 2 aromatic carbocycles. The van der Waals surface area contributed by atoms with Crippen LogP contribution in [0.3, 0.4) is 0 Å². The summed E-state index contributed by atoms with van der Waals surface area (Å²) >= 11 is 0. The summed E-state index contributed by atoms with van der Waals surface area (Å²) in [5, 5.41) is 9.70. The van der Waals surface area contributed by atoms with Gasteiger partial charge in [-0.25, -0.2) is 8.78 Å². The van der Waals surface area contributed by atoms with Crippen molar-refractivity contribution in [1.29, 1.82) is 5.26 Å². The second-order valence-electron chi connectivity index (χ2n) is 7.23. The summed E-state index contributed by atoms with van der Waals surface area (Å²) in [5.74, 6) is -0.635. The Bertz CT molecular complexity index is 1110. The predicted molar refractivity (Wildman–Crippen MR) is 106 cm³/mol. The Morgan fingerprint density at radius 2 is 1.86 bits per heavy atom. The van der Waals surface area contributed by atoms with Crippen molar-refractivity contribution in [3.63, 3.8) is 0 Å². The van der Waals surface area contributed by atoms with E-state index < -0.39 is 5.92 Å². The van der Waals surface area contributed by atoms with Crippen molar-refractivity contribution in [1.82, 2.24) is 4.90 Å². The highest BCUT2D eigenvalue weighted by atomic mass is 19.1. The van der Waals surface area contributed by atoms with Crippen LogP contribution in [-0.2, 0) is 4.74 Å². The molecule has 2 aliphatic rings. The van der Waals surface area contributed by atoms with E-state index in [1.807, 2.05) is 13.1 Å². The fourth-order valence-corrected chi connectivity index (χ4v) is 3.90. The second kappa shape index (κ2) is 7.53. The number of rotatable bonds is 2. The number of benzene rings is 2. The summed E-state index contributed by atoms with van der Waals surface area (Å²) in [4.78, 5) is 2.07. The molecule has 29 heavy (non-hydrogen) atoms. The number of nitriles is 1. The summed E-state index contributed by atoms with van der Waals surface area (Å²) in [6.07, 6.45) is 1.85. The van der Waals surface area contributed by atoms with Gasteiger partial charge in [0.25, 0.3) is 0 Å². The van der Waals surface area contributed by atoms with Crippen LogP contribution in [-0.4, -0.2) is 25.0 Å². The number of likely N-dealkylation sites (N-methyl/N-ethyl adjacent to an activating group) is 1. The number of halogens is 2. The van der Waals surface area contributed by atoms with Gasteiger partial charge in [0.2, 0.25) is 5.88 Å². The first-order chi connectivity index (χ1) is 14.0. The molecule has 0 unspecified atom stereocenters. The van der Waals surface area contributed by atoms with Crippen molar-refractivity contribution < 1.29 is 13.5 Å². The maximum absolute atomic E-state index is 13.9. The van der Waals surface area contributed by atoms with Crippen LogP contribution in [0.2, 0.25) is 0 Å². The van der Waals surface area contributed by atoms with E-state index in [-0.39, 0.29) is 23.1 Å². The van der Waals surface area contributed by atoms with Crippen molar-refractivity contribution in [3.05, 3.63) is 99.7 Å². The Morgan fingerprint density at radius 3 is 2.55 bits per heavy atom. The van der Waals surface area contributed by atoms with Gasteiger partial charge in [-0.2, -0.15) is 5.26 Å². The monoisotopic (exact) mass is 391 g/mol. The minimum atomic E-state index is -0.502. The first-order valence-electron chi connectivity index (χ1n) is 9.17. The van der Waals surface area contributed by atoms with Crippen LogP contribution in [0.5, 0.6) is 0 Å². The Hall–Kier alpha value is -3.43. The maximum Gasteiger partial charge on any atom is 0.205 e. The van der Waals surface area contributed by atoms with Gasteiger partial charge in [0.15, 0.2) is 0 Å². The minimum absolute atomic E-state index is 0.00945. The summed E-state index contributed by atoms with van der Waals surface area (Å²) in [6.45, 7) is 1.11. The lowest BCUT2D eigenvalue weighted by molar-refractivity contribution is 0.251. The van der Waals surface area contributed by atoms with E-state index >= 15 is 0 Å². The average molecular weight is 391 g/mol. The SMILES string of the molecule is CN1CC(=Cc2cccc(F)c2)C2=C(C1)[C@@H](c1cccc(F)c1)C(C#N)=C(N)O2. The number of hydrogen-bond donors (Lipinski definition) is 1. The zero-order valence-electron chi connectivity index (χ0n) is 15.8. The highest BCUT2D eigenvalue weighted by Gasteiger charge is 2.37. The molecule has 2 heterocycles. The van der Waals surface area contributed by atoms with Gasteiger partial charge in [0.1, 0.15) is 29.0 Å². The number of nitrogens with two attached hydrogens (primary N) is 1. The molecule has 2 aliphatic heterocycles. The molecule has 2 N–H and O–H groups in total. The molecule has 4 nitrogen and oxygen atoms in total. The van der Waals surface area contributed by atoms with Crippen molar-refractivity contribution in [2.75, 3.05) is 20.1 Å². The van der Waals surface area contributed by atoms with Gasteiger partial charge in [-0.15, -0.1) is 0 Å². The lowest BCUT2D eigenvalue weighted by Crippen LogP contribution is -2.36. The Kier molecular flexibility index (Phi) is 4.91. The van der Waals surface area contributed by atoms with E-state index in [1.54, 1.807) is 24.3 Å². The first kappa shape index (κ1) is 18.9. The Balaban J connectivity index is 1.88. The van der Waals surface area contributed by atoms with Crippen molar-refractivity contribution >= 4 is 6.08 Å². The van der Waals surface area contributed by atoms with Gasteiger partial charge in [0.05, 0.1) is 5.92 Å². The Morgan fingerprint density at radius 1 is 1.14 bits per heavy atom. The smallest absolute Gasteiger partial charge is 0.205 e. The molecular weight excluding hydrogens is 372 g/mol. The maximum atomic E-state index is 13.9. The van der Waals surface area contributed by atoms with Crippen LogP contribution in [0.25, 0.3) is 6.08 Å². The molecule has 146 valence electrons. The molecular formula is C23H19F2N3O. The summed E-state index contributed by atoms with van der Waals surface area (Å²) < 4.78 is 33.4. The lowest BCUT2D eigenvalue weighted by Gasteiger charge is -2.36. The van der Waals surface area contributed by atoms with Gasteiger partial charge in [0, 0.05) is 18.7 Å². The summed E-state index contributed by atoms with van der Waals surface area (Å²) in [5.41, 5.74) is 9.33. The van der Waals surface area contributed by atoms with Crippen LogP contribution in [0, 0.1) is 23.0 Å². The summed E-state index contributed by atoms with van der Waals surface area (Å²) in [7, 11) is 1.94. The summed E-state index contributed by atoms with van der Waals surface area (Å²) in [6, 6.07) is 14.6. The molecule has 0 fully saturated rings. The van der Waals surface area contributed by atoms with Crippen LogP contribution >= 0.6 is 0 Å². The highest BCUT2D eigenvalue weighted by molar-refractivity contribution is 5.63. The van der Waals surface area contributed by atoms with E-state index in [9.17, 15) is 14.0 Å². The molecule has 0 bridgehead atoms. The molecule has 0 amide bonds. The van der Waals surface area contributed by atoms with Crippen molar-refractivity contribution in [2.45, 2.75) is 5.92 Å². The molecule has 0 radical (unpaired) electrons. The molecule has 0 aliphatic carbocycles. The van der Waals surface area contributed by atoms with E-state index in [0.717, 1.165) is 11.1 Å². The van der Waals surface area contributed by atoms with Crippen molar-refractivity contribution in [2.24, 2.45) is 5.73 Å². The van der Waals surface area contributed by atoms with E-state index in [4.69, 9.17) is 10.5 Å². The molecule has 0 saturated carbocycles. The number of nitrogens with zero attached hydrogens (tertiary/aromatic N) is 2. The van der Waals surface area contributed by atoms with Crippen LogP contribution < -0.4 is 5.73 Å². The van der Waals surface area contributed by atoms with Crippen LogP contribution in [0.1, 0.15) is 17.0 Å². The predicted octanol–water partition coefficient (Wildman–Crippen LogP) is 4.06. The van der Waals surface area contributed by atoms with Gasteiger partial charge in [-0.05, 0) is 54.1 Å². The quantitative estimate of drug-likeness (QED) is 0.839. The minimum Gasteiger partial charge on any atom is -0.440 e. The Labute approximate surface area is 167 Å². The molecule has 2 aromatic rings. The van der Waals surface area contributed by atoms with E-state index in [1.165, 1.54) is 24.3 Å². The topological polar surface area (TPSA) is 62.3 Å². The number of hydrogen-bond acceptors (Lipinski definition) is 4.